The Hall–Kier alpha value is -1.82. The summed E-state index contributed by atoms with van der Waals surface area (Å²) in [6.07, 6.45) is 9.57. The summed E-state index contributed by atoms with van der Waals surface area (Å²) in [6, 6.07) is 11.8. The summed E-state index contributed by atoms with van der Waals surface area (Å²) >= 11 is 0. The third kappa shape index (κ3) is 2.13. The Morgan fingerprint density at radius 3 is 2.41 bits per heavy atom. The quantitative estimate of drug-likeness (QED) is 0.630. The molecule has 22 heavy (non-hydrogen) atoms. The van der Waals surface area contributed by atoms with Crippen molar-refractivity contribution in [3.05, 3.63) is 64.2 Å². The highest BCUT2D eigenvalue weighted by Gasteiger charge is 2.23. The zero-order valence-corrected chi connectivity index (χ0v) is 13.9. The van der Waals surface area contributed by atoms with Crippen LogP contribution in [-0.4, -0.2) is 0 Å². The highest BCUT2D eigenvalue weighted by molar-refractivity contribution is 5.83. The van der Waals surface area contributed by atoms with Crippen LogP contribution in [0.3, 0.4) is 0 Å². The summed E-state index contributed by atoms with van der Waals surface area (Å²) in [6.45, 7) is 6.84. The van der Waals surface area contributed by atoms with E-state index in [2.05, 4.69) is 63.3 Å². The number of hydrogen-bond donors (Lipinski definition) is 0. The van der Waals surface area contributed by atoms with E-state index in [1.807, 2.05) is 0 Å². The number of hydrogen-bond acceptors (Lipinski definition) is 0. The van der Waals surface area contributed by atoms with Gasteiger partial charge in [-0.05, 0) is 70.0 Å². The molecule has 0 amide bonds. The van der Waals surface area contributed by atoms with E-state index >= 15 is 0 Å². The van der Waals surface area contributed by atoms with E-state index in [0.29, 0.717) is 0 Å². The lowest BCUT2D eigenvalue weighted by atomic mass is 9.84. The molecule has 0 atom stereocenters. The van der Waals surface area contributed by atoms with E-state index in [1.165, 1.54) is 47.1 Å². The fraction of sp³-hybridized carbons (Fsp3) is 0.364. The maximum Gasteiger partial charge on any atom is -0.00738 e. The third-order valence-corrected chi connectivity index (χ3v) is 5.19. The molecular formula is C22H24. The number of allylic oxidation sites excluding steroid dienone is 1. The van der Waals surface area contributed by atoms with Crippen molar-refractivity contribution in [1.82, 2.24) is 0 Å². The van der Waals surface area contributed by atoms with Crippen LogP contribution in [0.15, 0.2) is 36.4 Å². The fourth-order valence-corrected chi connectivity index (χ4v) is 3.95. The summed E-state index contributed by atoms with van der Waals surface area (Å²) in [5, 5.41) is 0. The first kappa shape index (κ1) is 13.8. The van der Waals surface area contributed by atoms with Gasteiger partial charge in [-0.1, -0.05) is 63.3 Å². The van der Waals surface area contributed by atoms with Crippen molar-refractivity contribution < 1.29 is 0 Å². The second kappa shape index (κ2) is 4.84. The summed E-state index contributed by atoms with van der Waals surface area (Å²) in [5.41, 5.74) is 10.7. The van der Waals surface area contributed by atoms with Gasteiger partial charge in [-0.2, -0.15) is 0 Å². The van der Waals surface area contributed by atoms with Crippen LogP contribution < -0.4 is 0 Å². The van der Waals surface area contributed by atoms with Gasteiger partial charge >= 0.3 is 0 Å². The summed E-state index contributed by atoms with van der Waals surface area (Å²) < 4.78 is 0. The molecule has 2 aliphatic rings. The second-order valence-electron chi connectivity index (χ2n) is 7.75. The Kier molecular flexibility index (Phi) is 3.04. The number of benzene rings is 2. The molecule has 0 N–H and O–H groups in total. The first-order valence-corrected chi connectivity index (χ1v) is 8.49. The average molecular weight is 288 g/mol. The minimum Gasteiger partial charge on any atom is -0.0795 e. The van der Waals surface area contributed by atoms with Crippen molar-refractivity contribution in [3.8, 4) is 11.1 Å². The van der Waals surface area contributed by atoms with Crippen LogP contribution >= 0.6 is 0 Å². The fourth-order valence-electron chi connectivity index (χ4n) is 3.95. The minimum absolute atomic E-state index is 0.221. The molecule has 0 fully saturated rings. The smallest absolute Gasteiger partial charge is 0.00738 e. The van der Waals surface area contributed by atoms with E-state index in [-0.39, 0.29) is 5.41 Å². The monoisotopic (exact) mass is 288 g/mol. The Balaban J connectivity index is 1.88. The highest BCUT2D eigenvalue weighted by atomic mass is 14.3. The van der Waals surface area contributed by atoms with Crippen LogP contribution in [-0.2, 0) is 24.7 Å². The van der Waals surface area contributed by atoms with Gasteiger partial charge in [0, 0.05) is 0 Å². The maximum atomic E-state index is 2.46. The predicted molar refractivity (Wildman–Crippen MR) is 95.3 cm³/mol. The molecule has 112 valence electrons. The van der Waals surface area contributed by atoms with Gasteiger partial charge < -0.3 is 0 Å². The van der Waals surface area contributed by atoms with Crippen molar-refractivity contribution in [2.45, 2.75) is 51.9 Å². The van der Waals surface area contributed by atoms with Crippen LogP contribution in [0.4, 0.5) is 0 Å². The molecule has 0 saturated heterocycles. The molecule has 0 saturated carbocycles. The standard InChI is InChI=1S/C22H24/c1-22(2,3)18-12-10-15(11-13-18)21-19-8-4-6-16(19)14-17-7-5-9-20(17)21/h4,8,10-14H,5-7,9H2,1-3H3. The molecule has 0 radical (unpaired) electrons. The van der Waals surface area contributed by atoms with E-state index in [4.69, 9.17) is 0 Å². The second-order valence-corrected chi connectivity index (χ2v) is 7.75. The van der Waals surface area contributed by atoms with Crippen molar-refractivity contribution in [2.75, 3.05) is 0 Å². The summed E-state index contributed by atoms with van der Waals surface area (Å²) in [5.74, 6) is 0. The Bertz CT molecular complexity index is 751. The van der Waals surface area contributed by atoms with Gasteiger partial charge in [0.25, 0.3) is 0 Å². The van der Waals surface area contributed by atoms with E-state index in [9.17, 15) is 0 Å². The Labute approximate surface area is 133 Å². The normalized spacial score (nSPS) is 16.0. The average Bonchev–Trinajstić information content (AvgIpc) is 3.12. The topological polar surface area (TPSA) is 0 Å². The molecule has 0 unspecified atom stereocenters. The van der Waals surface area contributed by atoms with Gasteiger partial charge in [-0.15, -0.1) is 0 Å². The van der Waals surface area contributed by atoms with Crippen LogP contribution in [0.5, 0.6) is 0 Å². The van der Waals surface area contributed by atoms with E-state index in [0.717, 1.165) is 6.42 Å². The number of fused-ring (bicyclic) bond motifs is 2. The zero-order chi connectivity index (χ0) is 15.3. The first-order valence-electron chi connectivity index (χ1n) is 8.49. The molecule has 0 bridgehead atoms. The lowest BCUT2D eigenvalue weighted by Crippen LogP contribution is -2.10. The predicted octanol–water partition coefficient (Wildman–Crippen LogP) is 5.71. The number of rotatable bonds is 1. The largest absolute Gasteiger partial charge is 0.0795 e. The molecule has 2 aliphatic carbocycles. The van der Waals surface area contributed by atoms with E-state index < -0.39 is 0 Å². The third-order valence-electron chi connectivity index (χ3n) is 5.19. The molecule has 0 heteroatoms. The Morgan fingerprint density at radius 2 is 1.68 bits per heavy atom. The van der Waals surface area contributed by atoms with E-state index in [1.54, 1.807) is 11.1 Å². The van der Waals surface area contributed by atoms with Gasteiger partial charge in [0.2, 0.25) is 0 Å². The molecule has 4 rings (SSSR count). The van der Waals surface area contributed by atoms with Gasteiger partial charge in [0.15, 0.2) is 0 Å². The van der Waals surface area contributed by atoms with Gasteiger partial charge in [-0.3, -0.25) is 0 Å². The van der Waals surface area contributed by atoms with Crippen LogP contribution in [0.25, 0.3) is 17.2 Å². The highest BCUT2D eigenvalue weighted by Crippen LogP contribution is 2.40. The van der Waals surface area contributed by atoms with Crippen molar-refractivity contribution in [1.29, 1.82) is 0 Å². The first-order chi connectivity index (χ1) is 10.5. The van der Waals surface area contributed by atoms with Crippen molar-refractivity contribution >= 4 is 6.08 Å². The number of aryl methyl sites for hydroxylation is 1. The SMILES string of the molecule is CC(C)(C)c1ccc(-c2c3c(cc4c2CCC4)CC=C3)cc1. The van der Waals surface area contributed by atoms with Crippen LogP contribution in [0, 0.1) is 0 Å². The molecule has 0 nitrogen and oxygen atoms in total. The lowest BCUT2D eigenvalue weighted by molar-refractivity contribution is 0.590. The zero-order valence-electron chi connectivity index (χ0n) is 13.9. The molecule has 0 spiro atoms. The van der Waals surface area contributed by atoms with Gasteiger partial charge in [-0.25, -0.2) is 0 Å². The van der Waals surface area contributed by atoms with Crippen LogP contribution in [0.2, 0.25) is 0 Å². The van der Waals surface area contributed by atoms with Gasteiger partial charge in [0.05, 0.1) is 0 Å². The molecule has 0 aliphatic heterocycles. The summed E-state index contributed by atoms with van der Waals surface area (Å²) in [7, 11) is 0. The lowest BCUT2D eigenvalue weighted by Gasteiger charge is -2.20. The van der Waals surface area contributed by atoms with Crippen molar-refractivity contribution in [2.24, 2.45) is 0 Å². The molecule has 0 aromatic heterocycles. The maximum absolute atomic E-state index is 2.46. The minimum atomic E-state index is 0.221. The Morgan fingerprint density at radius 1 is 0.909 bits per heavy atom. The molecular weight excluding hydrogens is 264 g/mol. The van der Waals surface area contributed by atoms with Crippen LogP contribution in [0.1, 0.15) is 55.0 Å². The van der Waals surface area contributed by atoms with Crippen molar-refractivity contribution in [3.63, 3.8) is 0 Å². The molecule has 2 aromatic carbocycles. The summed E-state index contributed by atoms with van der Waals surface area (Å²) in [4.78, 5) is 0. The molecule has 0 heterocycles. The molecule has 2 aromatic rings. The van der Waals surface area contributed by atoms with Gasteiger partial charge in [0.1, 0.15) is 0 Å².